The van der Waals surface area contributed by atoms with E-state index in [2.05, 4.69) is 26.0 Å². The minimum Gasteiger partial charge on any atom is -0.497 e. The van der Waals surface area contributed by atoms with E-state index in [9.17, 15) is 4.39 Å². The summed E-state index contributed by atoms with van der Waals surface area (Å²) >= 11 is 0. The molecule has 2 unspecified atom stereocenters. The summed E-state index contributed by atoms with van der Waals surface area (Å²) in [7, 11) is 3.34. The third kappa shape index (κ3) is 4.72. The zero-order valence-corrected chi connectivity index (χ0v) is 14.3. The van der Waals surface area contributed by atoms with Crippen molar-refractivity contribution in [1.29, 1.82) is 0 Å². The molecule has 0 aromatic heterocycles. The van der Waals surface area contributed by atoms with Crippen LogP contribution in [0.3, 0.4) is 0 Å². The zero-order valence-electron chi connectivity index (χ0n) is 14.3. The Hall–Kier alpha value is -2.03. The molecule has 0 spiro atoms. The Morgan fingerprint density at radius 3 is 2.00 bits per heavy atom. The highest BCUT2D eigenvalue weighted by Crippen LogP contribution is 2.33. The molecule has 0 bridgehead atoms. The fourth-order valence-corrected chi connectivity index (χ4v) is 2.72. The van der Waals surface area contributed by atoms with Gasteiger partial charge in [0, 0.05) is 6.07 Å². The van der Waals surface area contributed by atoms with E-state index >= 15 is 0 Å². The van der Waals surface area contributed by atoms with Crippen molar-refractivity contribution in [3.8, 4) is 11.5 Å². The van der Waals surface area contributed by atoms with E-state index in [0.717, 1.165) is 24.3 Å². The van der Waals surface area contributed by atoms with Gasteiger partial charge in [-0.1, -0.05) is 26.0 Å². The minimum absolute atomic E-state index is 0.182. The predicted octanol–water partition coefficient (Wildman–Crippen LogP) is 5.22. The lowest BCUT2D eigenvalue weighted by Crippen LogP contribution is -2.08. The highest BCUT2D eigenvalue weighted by molar-refractivity contribution is 5.40. The molecule has 0 saturated heterocycles. The molecule has 2 aromatic rings. The quantitative estimate of drug-likeness (QED) is 0.697. The normalized spacial score (nSPS) is 13.4. The molecule has 0 amide bonds. The van der Waals surface area contributed by atoms with Crippen LogP contribution in [0.1, 0.15) is 37.3 Å². The van der Waals surface area contributed by atoms with Gasteiger partial charge in [-0.05, 0) is 60.1 Å². The smallest absolute Gasteiger partial charge is 0.123 e. The fraction of sp³-hybridized carbons (Fsp3) is 0.400. The number of methoxy groups -OCH3 is 2. The van der Waals surface area contributed by atoms with Crippen molar-refractivity contribution in [2.45, 2.75) is 32.6 Å². The second kappa shape index (κ2) is 8.00. The van der Waals surface area contributed by atoms with Crippen LogP contribution in [0.2, 0.25) is 0 Å². The fourth-order valence-electron chi connectivity index (χ4n) is 2.72. The SMILES string of the molecule is COc1cc(OC)cc(C(C)C(C)CCc2ccc(F)cc2)c1. The van der Waals surface area contributed by atoms with Gasteiger partial charge >= 0.3 is 0 Å². The molecular formula is C20H25FO2. The molecule has 0 aliphatic carbocycles. The van der Waals surface area contributed by atoms with Crippen LogP contribution in [0.4, 0.5) is 4.39 Å². The molecule has 3 heteroatoms. The van der Waals surface area contributed by atoms with Crippen LogP contribution in [-0.4, -0.2) is 14.2 Å². The summed E-state index contributed by atoms with van der Waals surface area (Å²) in [4.78, 5) is 0. The summed E-state index contributed by atoms with van der Waals surface area (Å²) < 4.78 is 23.7. The van der Waals surface area contributed by atoms with Crippen LogP contribution in [0.5, 0.6) is 11.5 Å². The average Bonchev–Trinajstić information content (AvgIpc) is 2.59. The third-order valence-corrected chi connectivity index (χ3v) is 4.55. The van der Waals surface area contributed by atoms with Gasteiger partial charge in [0.15, 0.2) is 0 Å². The minimum atomic E-state index is -0.182. The number of aryl methyl sites for hydroxylation is 1. The Balaban J connectivity index is 2.03. The van der Waals surface area contributed by atoms with Crippen LogP contribution in [0.25, 0.3) is 0 Å². The van der Waals surface area contributed by atoms with Crippen LogP contribution in [-0.2, 0) is 6.42 Å². The Morgan fingerprint density at radius 1 is 0.913 bits per heavy atom. The molecule has 0 aliphatic rings. The van der Waals surface area contributed by atoms with Gasteiger partial charge in [-0.3, -0.25) is 0 Å². The number of rotatable bonds is 7. The molecular weight excluding hydrogens is 291 g/mol. The summed E-state index contributed by atoms with van der Waals surface area (Å²) in [5.74, 6) is 2.34. The molecule has 0 aliphatic heterocycles. The lowest BCUT2D eigenvalue weighted by Gasteiger charge is -2.21. The van der Waals surface area contributed by atoms with E-state index in [1.165, 1.54) is 23.3 Å². The van der Waals surface area contributed by atoms with Gasteiger partial charge in [-0.2, -0.15) is 0 Å². The molecule has 2 aromatic carbocycles. The highest BCUT2D eigenvalue weighted by atomic mass is 19.1. The summed E-state index contributed by atoms with van der Waals surface area (Å²) in [5, 5.41) is 0. The van der Waals surface area contributed by atoms with Gasteiger partial charge in [-0.25, -0.2) is 4.39 Å². The number of halogens is 1. The molecule has 23 heavy (non-hydrogen) atoms. The van der Waals surface area contributed by atoms with Crippen molar-refractivity contribution in [1.82, 2.24) is 0 Å². The van der Waals surface area contributed by atoms with Crippen molar-refractivity contribution in [2.24, 2.45) is 5.92 Å². The monoisotopic (exact) mass is 316 g/mol. The largest absolute Gasteiger partial charge is 0.497 e. The second-order valence-electron chi connectivity index (χ2n) is 6.08. The summed E-state index contributed by atoms with van der Waals surface area (Å²) in [5.41, 5.74) is 2.39. The number of hydrogen-bond donors (Lipinski definition) is 0. The first-order chi connectivity index (χ1) is 11.0. The Labute approximate surface area is 138 Å². The molecule has 0 heterocycles. The lowest BCUT2D eigenvalue weighted by atomic mass is 9.85. The Kier molecular flexibility index (Phi) is 6.03. The van der Waals surface area contributed by atoms with Crippen LogP contribution < -0.4 is 9.47 Å². The molecule has 2 rings (SSSR count). The Morgan fingerprint density at radius 2 is 1.48 bits per heavy atom. The maximum absolute atomic E-state index is 13.0. The van der Waals surface area contributed by atoms with E-state index in [1.54, 1.807) is 14.2 Å². The molecule has 2 nitrogen and oxygen atoms in total. The summed E-state index contributed by atoms with van der Waals surface area (Å²) in [6.45, 7) is 4.48. The standard InChI is InChI=1S/C20H25FO2/c1-14(5-6-16-7-9-18(21)10-8-16)15(2)17-11-19(22-3)13-20(12-17)23-4/h7-15H,5-6H2,1-4H3. The van der Waals surface area contributed by atoms with Crippen molar-refractivity contribution in [3.63, 3.8) is 0 Å². The average molecular weight is 316 g/mol. The van der Waals surface area contributed by atoms with Gasteiger partial charge in [0.1, 0.15) is 17.3 Å². The molecule has 0 saturated carbocycles. The van der Waals surface area contributed by atoms with Gasteiger partial charge < -0.3 is 9.47 Å². The Bertz CT molecular complexity index is 600. The molecule has 124 valence electrons. The van der Waals surface area contributed by atoms with Crippen LogP contribution in [0.15, 0.2) is 42.5 Å². The maximum atomic E-state index is 13.0. The molecule has 2 atom stereocenters. The van der Waals surface area contributed by atoms with E-state index in [0.29, 0.717) is 11.8 Å². The van der Waals surface area contributed by atoms with Crippen molar-refractivity contribution >= 4 is 0 Å². The first kappa shape index (κ1) is 17.3. The van der Waals surface area contributed by atoms with Crippen LogP contribution >= 0.6 is 0 Å². The zero-order chi connectivity index (χ0) is 16.8. The third-order valence-electron chi connectivity index (χ3n) is 4.55. The number of benzene rings is 2. The topological polar surface area (TPSA) is 18.5 Å². The predicted molar refractivity (Wildman–Crippen MR) is 91.8 cm³/mol. The maximum Gasteiger partial charge on any atom is 0.123 e. The van der Waals surface area contributed by atoms with Crippen LogP contribution in [0, 0.1) is 11.7 Å². The van der Waals surface area contributed by atoms with Gasteiger partial charge in [0.25, 0.3) is 0 Å². The van der Waals surface area contributed by atoms with E-state index in [4.69, 9.17) is 9.47 Å². The van der Waals surface area contributed by atoms with Crippen molar-refractivity contribution < 1.29 is 13.9 Å². The van der Waals surface area contributed by atoms with Gasteiger partial charge in [0.05, 0.1) is 14.2 Å². The number of hydrogen-bond acceptors (Lipinski definition) is 2. The highest BCUT2D eigenvalue weighted by Gasteiger charge is 2.16. The van der Waals surface area contributed by atoms with Crippen molar-refractivity contribution in [2.75, 3.05) is 14.2 Å². The van der Waals surface area contributed by atoms with E-state index in [1.807, 2.05) is 18.2 Å². The summed E-state index contributed by atoms with van der Waals surface area (Å²) in [6, 6.07) is 12.8. The first-order valence-corrected chi connectivity index (χ1v) is 8.01. The number of ether oxygens (including phenoxy) is 2. The van der Waals surface area contributed by atoms with Crippen molar-refractivity contribution in [3.05, 3.63) is 59.4 Å². The molecule has 0 radical (unpaired) electrons. The lowest BCUT2D eigenvalue weighted by molar-refractivity contribution is 0.389. The molecule has 0 fully saturated rings. The molecule has 0 N–H and O–H groups in total. The second-order valence-corrected chi connectivity index (χ2v) is 6.08. The first-order valence-electron chi connectivity index (χ1n) is 8.01. The van der Waals surface area contributed by atoms with E-state index < -0.39 is 0 Å². The van der Waals surface area contributed by atoms with Gasteiger partial charge in [-0.15, -0.1) is 0 Å². The van der Waals surface area contributed by atoms with E-state index in [-0.39, 0.29) is 5.82 Å². The van der Waals surface area contributed by atoms with Gasteiger partial charge in [0.2, 0.25) is 0 Å². The summed E-state index contributed by atoms with van der Waals surface area (Å²) in [6.07, 6.45) is 2.00.